The molecule has 1 atom stereocenters. The van der Waals surface area contributed by atoms with Crippen LogP contribution in [0, 0.1) is 5.92 Å². The van der Waals surface area contributed by atoms with Crippen molar-refractivity contribution in [3.63, 3.8) is 0 Å². The average Bonchev–Trinajstić information content (AvgIpc) is 2.85. The average molecular weight is 266 g/mol. The lowest BCUT2D eigenvalue weighted by Gasteiger charge is -2.16. The Bertz CT molecular complexity index is 341. The number of benzene rings is 1. The minimum absolute atomic E-state index is 0.549. The van der Waals surface area contributed by atoms with Gasteiger partial charge in [-0.15, -0.1) is 0 Å². The van der Waals surface area contributed by atoms with Gasteiger partial charge in [-0.2, -0.15) is 0 Å². The van der Waals surface area contributed by atoms with Gasteiger partial charge in [0, 0.05) is 11.1 Å². The zero-order valence-electron chi connectivity index (χ0n) is 11.3. The molecule has 0 amide bonds. The highest BCUT2D eigenvalue weighted by Crippen LogP contribution is 2.26. The van der Waals surface area contributed by atoms with Gasteiger partial charge in [0.2, 0.25) is 0 Å². The molecule has 0 bridgehead atoms. The van der Waals surface area contributed by atoms with Crippen LogP contribution < -0.4 is 5.32 Å². The SMILES string of the molecule is CC(Cc1ccc(Cl)cc1)NCCC1CCCC1. The summed E-state index contributed by atoms with van der Waals surface area (Å²) in [5.74, 6) is 0.986. The van der Waals surface area contributed by atoms with Crippen molar-refractivity contribution in [3.05, 3.63) is 34.9 Å². The Balaban J connectivity index is 1.65. The third-order valence-corrected chi connectivity index (χ3v) is 4.23. The molecule has 1 fully saturated rings. The topological polar surface area (TPSA) is 12.0 Å². The van der Waals surface area contributed by atoms with Crippen molar-refractivity contribution in [1.29, 1.82) is 0 Å². The quantitative estimate of drug-likeness (QED) is 0.802. The van der Waals surface area contributed by atoms with E-state index in [9.17, 15) is 0 Å². The Kier molecular flexibility index (Phi) is 5.52. The molecule has 1 unspecified atom stereocenters. The maximum absolute atomic E-state index is 5.89. The molecule has 1 saturated carbocycles. The fourth-order valence-electron chi connectivity index (χ4n) is 2.88. The maximum atomic E-state index is 5.89. The molecule has 18 heavy (non-hydrogen) atoms. The van der Waals surface area contributed by atoms with Crippen LogP contribution in [0.3, 0.4) is 0 Å². The summed E-state index contributed by atoms with van der Waals surface area (Å²) in [6.45, 7) is 3.43. The molecule has 100 valence electrons. The van der Waals surface area contributed by atoms with Crippen molar-refractivity contribution >= 4 is 11.6 Å². The predicted molar refractivity (Wildman–Crippen MR) is 79.2 cm³/mol. The Morgan fingerprint density at radius 3 is 2.56 bits per heavy atom. The first kappa shape index (κ1) is 13.9. The van der Waals surface area contributed by atoms with E-state index in [0.29, 0.717) is 6.04 Å². The van der Waals surface area contributed by atoms with Crippen LogP contribution in [0.25, 0.3) is 0 Å². The van der Waals surface area contributed by atoms with E-state index in [2.05, 4.69) is 24.4 Å². The molecule has 1 aliphatic carbocycles. The standard InChI is InChI=1S/C16H24ClN/c1-13(12-15-6-8-16(17)9-7-15)18-11-10-14-4-2-3-5-14/h6-9,13-14,18H,2-5,10-12H2,1H3. The smallest absolute Gasteiger partial charge is 0.0406 e. The van der Waals surface area contributed by atoms with E-state index in [0.717, 1.165) is 17.4 Å². The molecule has 0 heterocycles. The van der Waals surface area contributed by atoms with Gasteiger partial charge in [-0.1, -0.05) is 49.4 Å². The Hall–Kier alpha value is -0.530. The molecule has 0 spiro atoms. The van der Waals surface area contributed by atoms with Gasteiger partial charge >= 0.3 is 0 Å². The molecule has 0 aromatic heterocycles. The van der Waals surface area contributed by atoms with Crippen molar-refractivity contribution in [1.82, 2.24) is 5.32 Å². The number of hydrogen-bond acceptors (Lipinski definition) is 1. The van der Waals surface area contributed by atoms with Gasteiger partial charge in [-0.3, -0.25) is 0 Å². The molecule has 1 aliphatic rings. The molecule has 1 nitrogen and oxygen atoms in total. The number of nitrogens with one attached hydrogen (secondary N) is 1. The molecule has 0 radical (unpaired) electrons. The normalized spacial score (nSPS) is 18.1. The lowest BCUT2D eigenvalue weighted by molar-refractivity contribution is 0.448. The largest absolute Gasteiger partial charge is 0.314 e. The summed E-state index contributed by atoms with van der Waals surface area (Å²) < 4.78 is 0. The van der Waals surface area contributed by atoms with Gasteiger partial charge in [-0.25, -0.2) is 0 Å². The van der Waals surface area contributed by atoms with Crippen LogP contribution in [-0.2, 0) is 6.42 Å². The summed E-state index contributed by atoms with van der Waals surface area (Å²) >= 11 is 5.89. The molecule has 2 rings (SSSR count). The van der Waals surface area contributed by atoms with Gasteiger partial charge in [0.15, 0.2) is 0 Å². The highest BCUT2D eigenvalue weighted by molar-refractivity contribution is 6.30. The third kappa shape index (κ3) is 4.62. The van der Waals surface area contributed by atoms with Crippen molar-refractivity contribution in [2.24, 2.45) is 5.92 Å². The van der Waals surface area contributed by atoms with E-state index >= 15 is 0 Å². The van der Waals surface area contributed by atoms with Crippen LogP contribution in [0.15, 0.2) is 24.3 Å². The minimum atomic E-state index is 0.549. The molecule has 1 N–H and O–H groups in total. The number of rotatable bonds is 6. The molecule has 2 heteroatoms. The van der Waals surface area contributed by atoms with E-state index in [1.807, 2.05) is 12.1 Å². The van der Waals surface area contributed by atoms with Crippen molar-refractivity contribution < 1.29 is 0 Å². The van der Waals surface area contributed by atoms with Crippen molar-refractivity contribution in [2.75, 3.05) is 6.54 Å². The Labute approximate surface area is 116 Å². The summed E-state index contributed by atoms with van der Waals surface area (Å²) in [6, 6.07) is 8.74. The first-order valence-electron chi connectivity index (χ1n) is 7.22. The zero-order valence-corrected chi connectivity index (χ0v) is 12.0. The lowest BCUT2D eigenvalue weighted by atomic mass is 10.0. The van der Waals surface area contributed by atoms with Gasteiger partial charge in [-0.05, 0) is 49.9 Å². The molecule has 0 saturated heterocycles. The van der Waals surface area contributed by atoms with E-state index in [1.54, 1.807) is 0 Å². The van der Waals surface area contributed by atoms with Gasteiger partial charge in [0.05, 0.1) is 0 Å². The third-order valence-electron chi connectivity index (χ3n) is 3.98. The van der Waals surface area contributed by atoms with Crippen LogP contribution >= 0.6 is 11.6 Å². The molecule has 1 aromatic carbocycles. The van der Waals surface area contributed by atoms with Crippen LogP contribution in [0.1, 0.15) is 44.6 Å². The van der Waals surface area contributed by atoms with Crippen LogP contribution in [-0.4, -0.2) is 12.6 Å². The molecule has 1 aromatic rings. The summed E-state index contributed by atoms with van der Waals surface area (Å²) in [5.41, 5.74) is 1.36. The van der Waals surface area contributed by atoms with Crippen molar-refractivity contribution in [3.8, 4) is 0 Å². The Morgan fingerprint density at radius 2 is 1.89 bits per heavy atom. The van der Waals surface area contributed by atoms with E-state index in [-0.39, 0.29) is 0 Å². The van der Waals surface area contributed by atoms with E-state index in [1.165, 1.54) is 44.2 Å². The van der Waals surface area contributed by atoms with Crippen molar-refractivity contribution in [2.45, 2.75) is 51.5 Å². The van der Waals surface area contributed by atoms with Crippen LogP contribution in [0.2, 0.25) is 5.02 Å². The highest BCUT2D eigenvalue weighted by Gasteiger charge is 2.14. The van der Waals surface area contributed by atoms with Crippen LogP contribution in [0.5, 0.6) is 0 Å². The predicted octanol–water partition coefficient (Wildman–Crippen LogP) is 4.44. The summed E-state index contributed by atoms with van der Waals surface area (Å²) in [7, 11) is 0. The second-order valence-electron chi connectivity index (χ2n) is 5.62. The summed E-state index contributed by atoms with van der Waals surface area (Å²) in [4.78, 5) is 0. The summed E-state index contributed by atoms with van der Waals surface area (Å²) in [6.07, 6.45) is 8.24. The van der Waals surface area contributed by atoms with Gasteiger partial charge in [0.25, 0.3) is 0 Å². The first-order valence-corrected chi connectivity index (χ1v) is 7.59. The fourth-order valence-corrected chi connectivity index (χ4v) is 3.01. The van der Waals surface area contributed by atoms with Gasteiger partial charge < -0.3 is 5.32 Å². The fraction of sp³-hybridized carbons (Fsp3) is 0.625. The minimum Gasteiger partial charge on any atom is -0.314 e. The van der Waals surface area contributed by atoms with Crippen LogP contribution in [0.4, 0.5) is 0 Å². The summed E-state index contributed by atoms with van der Waals surface area (Å²) in [5, 5.41) is 4.46. The van der Waals surface area contributed by atoms with Gasteiger partial charge in [0.1, 0.15) is 0 Å². The second-order valence-corrected chi connectivity index (χ2v) is 6.06. The lowest BCUT2D eigenvalue weighted by Crippen LogP contribution is -2.29. The molecular formula is C16H24ClN. The highest BCUT2D eigenvalue weighted by atomic mass is 35.5. The van der Waals surface area contributed by atoms with E-state index in [4.69, 9.17) is 11.6 Å². The number of halogens is 1. The first-order chi connectivity index (χ1) is 8.74. The Morgan fingerprint density at radius 1 is 1.22 bits per heavy atom. The maximum Gasteiger partial charge on any atom is 0.0406 e. The monoisotopic (exact) mass is 265 g/mol. The molecule has 0 aliphatic heterocycles. The number of hydrogen-bond donors (Lipinski definition) is 1. The van der Waals surface area contributed by atoms with E-state index < -0.39 is 0 Å². The second kappa shape index (κ2) is 7.16. The zero-order chi connectivity index (χ0) is 12.8. The molecular weight excluding hydrogens is 242 g/mol.